The molecule has 0 atom stereocenters. The van der Waals surface area contributed by atoms with Gasteiger partial charge >= 0.3 is 0 Å². The molecule has 78 valence electrons. The molecule has 0 saturated carbocycles. The van der Waals surface area contributed by atoms with Crippen molar-refractivity contribution in [2.24, 2.45) is 0 Å². The Balaban J connectivity index is 1.93. The molecule has 1 aromatic carbocycles. The fourth-order valence-corrected chi connectivity index (χ4v) is 1.75. The van der Waals surface area contributed by atoms with Crippen LogP contribution in [0.3, 0.4) is 0 Å². The Morgan fingerprint density at radius 3 is 3.00 bits per heavy atom. The van der Waals surface area contributed by atoms with Crippen molar-refractivity contribution in [3.05, 3.63) is 30.0 Å². The molecule has 15 heavy (non-hydrogen) atoms. The lowest BCUT2D eigenvalue weighted by Crippen LogP contribution is -2.50. The van der Waals surface area contributed by atoms with Gasteiger partial charge in [0.05, 0.1) is 6.26 Å². The highest BCUT2D eigenvalue weighted by atomic mass is 16.5. The van der Waals surface area contributed by atoms with Crippen LogP contribution in [0.4, 0.5) is 0 Å². The van der Waals surface area contributed by atoms with Crippen molar-refractivity contribution in [1.82, 2.24) is 5.32 Å². The fourth-order valence-electron chi connectivity index (χ4n) is 1.75. The number of hydrogen-bond donors (Lipinski definition) is 1. The van der Waals surface area contributed by atoms with Crippen LogP contribution in [0.5, 0.6) is 5.75 Å². The smallest absolute Gasteiger partial charge is 0.134 e. The van der Waals surface area contributed by atoms with Gasteiger partial charge < -0.3 is 14.5 Å². The molecule has 1 aromatic heterocycles. The van der Waals surface area contributed by atoms with Crippen LogP contribution in [-0.4, -0.2) is 19.2 Å². The predicted octanol–water partition coefficient (Wildman–Crippen LogP) is 2.09. The Morgan fingerprint density at radius 1 is 1.40 bits per heavy atom. The molecule has 0 bridgehead atoms. The van der Waals surface area contributed by atoms with Gasteiger partial charge in [-0.25, -0.2) is 0 Å². The van der Waals surface area contributed by atoms with Crippen LogP contribution < -0.4 is 10.1 Å². The topological polar surface area (TPSA) is 34.4 Å². The normalized spacial score (nSPS) is 16.6. The number of nitrogens with one attached hydrogen (secondary N) is 1. The quantitative estimate of drug-likeness (QED) is 0.811. The SMILES string of the molecule is Cc1coc2ccc(OC3CNC3)cc12. The third-order valence-electron chi connectivity index (χ3n) is 2.79. The van der Waals surface area contributed by atoms with E-state index < -0.39 is 0 Å². The summed E-state index contributed by atoms with van der Waals surface area (Å²) in [6.45, 7) is 3.94. The second-order valence-electron chi connectivity index (χ2n) is 3.97. The number of hydrogen-bond acceptors (Lipinski definition) is 3. The van der Waals surface area contributed by atoms with Crippen LogP contribution in [0, 0.1) is 6.92 Å². The summed E-state index contributed by atoms with van der Waals surface area (Å²) in [7, 11) is 0. The van der Waals surface area contributed by atoms with Gasteiger partial charge in [-0.3, -0.25) is 0 Å². The molecule has 0 spiro atoms. The van der Waals surface area contributed by atoms with Gasteiger partial charge in [0.2, 0.25) is 0 Å². The van der Waals surface area contributed by atoms with Crippen molar-refractivity contribution in [3.63, 3.8) is 0 Å². The molecule has 1 aliphatic rings. The highest BCUT2D eigenvalue weighted by molar-refractivity contribution is 5.82. The van der Waals surface area contributed by atoms with E-state index >= 15 is 0 Å². The predicted molar refractivity (Wildman–Crippen MR) is 58.2 cm³/mol. The second kappa shape index (κ2) is 3.28. The first-order valence-corrected chi connectivity index (χ1v) is 5.18. The van der Waals surface area contributed by atoms with Gasteiger partial charge in [0.25, 0.3) is 0 Å². The van der Waals surface area contributed by atoms with Crippen LogP contribution >= 0.6 is 0 Å². The molecular formula is C12H13NO2. The summed E-state index contributed by atoms with van der Waals surface area (Å²) in [4.78, 5) is 0. The van der Waals surface area contributed by atoms with Crippen molar-refractivity contribution in [2.75, 3.05) is 13.1 Å². The summed E-state index contributed by atoms with van der Waals surface area (Å²) in [6, 6.07) is 5.97. The van der Waals surface area contributed by atoms with Gasteiger partial charge in [-0.1, -0.05) is 0 Å². The number of rotatable bonds is 2. The van der Waals surface area contributed by atoms with E-state index in [0.29, 0.717) is 6.10 Å². The molecule has 2 aromatic rings. The van der Waals surface area contributed by atoms with E-state index in [9.17, 15) is 0 Å². The van der Waals surface area contributed by atoms with Crippen LogP contribution in [-0.2, 0) is 0 Å². The highest BCUT2D eigenvalue weighted by Crippen LogP contribution is 2.26. The molecule has 0 unspecified atom stereocenters. The Morgan fingerprint density at radius 2 is 2.27 bits per heavy atom. The minimum absolute atomic E-state index is 0.328. The molecule has 1 aliphatic heterocycles. The third-order valence-corrected chi connectivity index (χ3v) is 2.79. The molecule has 0 amide bonds. The largest absolute Gasteiger partial charge is 0.488 e. The summed E-state index contributed by atoms with van der Waals surface area (Å²) in [6.07, 6.45) is 2.11. The molecule has 1 saturated heterocycles. The lowest BCUT2D eigenvalue weighted by molar-refractivity contribution is 0.142. The Hall–Kier alpha value is -1.48. The van der Waals surface area contributed by atoms with Gasteiger partial charge in [0, 0.05) is 18.5 Å². The number of ether oxygens (including phenoxy) is 1. The first kappa shape index (κ1) is 8.80. The van der Waals surface area contributed by atoms with E-state index in [1.807, 2.05) is 25.1 Å². The second-order valence-corrected chi connectivity index (χ2v) is 3.97. The Bertz CT molecular complexity index is 485. The van der Waals surface area contributed by atoms with Crippen LogP contribution in [0.1, 0.15) is 5.56 Å². The average molecular weight is 203 g/mol. The molecule has 3 nitrogen and oxygen atoms in total. The maximum absolute atomic E-state index is 5.78. The highest BCUT2D eigenvalue weighted by Gasteiger charge is 2.18. The van der Waals surface area contributed by atoms with Crippen molar-refractivity contribution in [3.8, 4) is 5.75 Å². The first-order valence-electron chi connectivity index (χ1n) is 5.18. The standard InChI is InChI=1S/C12H13NO2/c1-8-7-14-12-3-2-9(4-11(8)12)15-10-5-13-6-10/h2-4,7,10,13H,5-6H2,1H3. The van der Waals surface area contributed by atoms with Crippen molar-refractivity contribution in [1.29, 1.82) is 0 Å². The molecule has 1 N–H and O–H groups in total. The number of benzene rings is 1. The minimum atomic E-state index is 0.328. The van der Waals surface area contributed by atoms with Gasteiger partial charge in [-0.05, 0) is 30.7 Å². The van der Waals surface area contributed by atoms with Crippen LogP contribution in [0.25, 0.3) is 11.0 Å². The maximum Gasteiger partial charge on any atom is 0.134 e. The van der Waals surface area contributed by atoms with Crippen molar-refractivity contribution < 1.29 is 9.15 Å². The van der Waals surface area contributed by atoms with Gasteiger partial charge in [-0.2, -0.15) is 0 Å². The zero-order valence-corrected chi connectivity index (χ0v) is 8.62. The zero-order valence-electron chi connectivity index (χ0n) is 8.62. The summed E-state index contributed by atoms with van der Waals surface area (Å²) in [5.74, 6) is 0.929. The molecule has 2 heterocycles. The number of furan rings is 1. The summed E-state index contributed by atoms with van der Waals surface area (Å²) in [5.41, 5.74) is 2.08. The van der Waals surface area contributed by atoms with E-state index in [-0.39, 0.29) is 0 Å². The third kappa shape index (κ3) is 1.49. The minimum Gasteiger partial charge on any atom is -0.488 e. The zero-order chi connectivity index (χ0) is 10.3. The monoisotopic (exact) mass is 203 g/mol. The summed E-state index contributed by atoms with van der Waals surface area (Å²) < 4.78 is 11.2. The van der Waals surface area contributed by atoms with E-state index in [2.05, 4.69) is 5.32 Å². The van der Waals surface area contributed by atoms with Gasteiger partial charge in [0.15, 0.2) is 0 Å². The van der Waals surface area contributed by atoms with Gasteiger partial charge in [-0.15, -0.1) is 0 Å². The molecule has 0 aliphatic carbocycles. The summed E-state index contributed by atoms with van der Waals surface area (Å²) in [5, 5.41) is 4.32. The lowest BCUT2D eigenvalue weighted by atomic mass is 10.2. The Kier molecular flexibility index (Phi) is 1.92. The maximum atomic E-state index is 5.78. The first-order chi connectivity index (χ1) is 7.33. The molecule has 3 heteroatoms. The van der Waals surface area contributed by atoms with Crippen LogP contribution in [0.15, 0.2) is 28.9 Å². The summed E-state index contributed by atoms with van der Waals surface area (Å²) >= 11 is 0. The van der Waals surface area contributed by atoms with E-state index in [1.165, 1.54) is 0 Å². The average Bonchev–Trinajstić information content (AvgIpc) is 2.55. The van der Waals surface area contributed by atoms with Gasteiger partial charge in [0.1, 0.15) is 17.4 Å². The van der Waals surface area contributed by atoms with Crippen LogP contribution in [0.2, 0.25) is 0 Å². The molecule has 3 rings (SSSR count). The van der Waals surface area contributed by atoms with Crippen molar-refractivity contribution in [2.45, 2.75) is 13.0 Å². The van der Waals surface area contributed by atoms with E-state index in [4.69, 9.17) is 9.15 Å². The number of aryl methyl sites for hydroxylation is 1. The van der Waals surface area contributed by atoms with Crippen molar-refractivity contribution >= 4 is 11.0 Å². The fraction of sp³-hybridized carbons (Fsp3) is 0.333. The van der Waals surface area contributed by atoms with E-state index in [0.717, 1.165) is 35.4 Å². The number of fused-ring (bicyclic) bond motifs is 1. The Labute approximate surface area is 88.0 Å². The lowest BCUT2D eigenvalue weighted by Gasteiger charge is -2.27. The molecular weight excluding hydrogens is 190 g/mol. The molecule has 1 fully saturated rings. The molecule has 0 radical (unpaired) electrons. The van der Waals surface area contributed by atoms with E-state index in [1.54, 1.807) is 6.26 Å².